The molecule has 0 aliphatic carbocycles. The Kier molecular flexibility index (Phi) is 4.18. The molecule has 3 aromatic rings. The van der Waals surface area contributed by atoms with E-state index in [1.165, 1.54) is 0 Å². The molecule has 0 unspecified atom stereocenters. The second-order valence-electron chi connectivity index (χ2n) is 5.10. The van der Waals surface area contributed by atoms with Crippen LogP contribution >= 0.6 is 0 Å². The number of rotatable bonds is 5. The number of fused-ring (bicyclic) bond motifs is 1. The molecule has 0 radical (unpaired) electrons. The second-order valence-corrected chi connectivity index (χ2v) is 6.91. The quantitative estimate of drug-likeness (QED) is 0.788. The molecule has 2 aromatic carbocycles. The van der Waals surface area contributed by atoms with E-state index in [2.05, 4.69) is 9.71 Å². The zero-order valence-corrected chi connectivity index (χ0v) is 12.8. The normalized spacial score (nSPS) is 11.6. The van der Waals surface area contributed by atoms with Gasteiger partial charge >= 0.3 is 0 Å². The van der Waals surface area contributed by atoms with Crippen molar-refractivity contribution in [2.45, 2.75) is 12.3 Å². The van der Waals surface area contributed by atoms with E-state index in [-0.39, 0.29) is 12.3 Å². The monoisotopic (exact) mass is 312 g/mol. The fraction of sp³-hybridized carbons (Fsp3) is 0.118. The van der Waals surface area contributed by atoms with E-state index in [0.29, 0.717) is 0 Å². The Morgan fingerprint density at radius 3 is 2.45 bits per heavy atom. The van der Waals surface area contributed by atoms with Crippen LogP contribution in [-0.4, -0.2) is 13.4 Å². The number of aromatic nitrogens is 1. The number of benzene rings is 2. The zero-order valence-electron chi connectivity index (χ0n) is 11.9. The standard InChI is InChI=1S/C17H16N2O2S/c20-22(21,13-14-6-2-1-3-7-14)19-12-15-10-16-8-4-5-9-17(16)18-11-15/h1-11,19H,12-13H2. The number of hydrogen-bond donors (Lipinski definition) is 1. The molecular weight excluding hydrogens is 296 g/mol. The third kappa shape index (κ3) is 3.69. The smallest absolute Gasteiger partial charge is 0.216 e. The highest BCUT2D eigenvalue weighted by atomic mass is 32.2. The summed E-state index contributed by atoms with van der Waals surface area (Å²) in [4.78, 5) is 4.33. The lowest BCUT2D eigenvalue weighted by Crippen LogP contribution is -2.24. The van der Waals surface area contributed by atoms with Gasteiger partial charge in [-0.3, -0.25) is 4.98 Å². The lowest BCUT2D eigenvalue weighted by atomic mass is 10.2. The summed E-state index contributed by atoms with van der Waals surface area (Å²) < 4.78 is 26.8. The molecule has 3 rings (SSSR count). The summed E-state index contributed by atoms with van der Waals surface area (Å²) in [6.07, 6.45) is 1.70. The van der Waals surface area contributed by atoms with Gasteiger partial charge in [0, 0.05) is 18.1 Å². The summed E-state index contributed by atoms with van der Waals surface area (Å²) in [5, 5.41) is 1.00. The molecule has 0 aliphatic heterocycles. The molecule has 112 valence electrons. The third-order valence-corrected chi connectivity index (χ3v) is 4.64. The van der Waals surface area contributed by atoms with Gasteiger partial charge in [-0.25, -0.2) is 13.1 Å². The van der Waals surface area contributed by atoms with Crippen LogP contribution in [0, 0.1) is 0 Å². The van der Waals surface area contributed by atoms with Gasteiger partial charge in [0.15, 0.2) is 0 Å². The number of sulfonamides is 1. The van der Waals surface area contributed by atoms with Crippen LogP contribution in [0.25, 0.3) is 10.9 Å². The number of nitrogens with zero attached hydrogens (tertiary/aromatic N) is 1. The Bertz CT molecular complexity index is 877. The molecule has 22 heavy (non-hydrogen) atoms. The minimum absolute atomic E-state index is 0.0190. The van der Waals surface area contributed by atoms with Gasteiger partial charge in [0.25, 0.3) is 0 Å². The van der Waals surface area contributed by atoms with Gasteiger partial charge in [-0.15, -0.1) is 0 Å². The molecule has 0 bridgehead atoms. The van der Waals surface area contributed by atoms with Crippen LogP contribution in [0.15, 0.2) is 66.9 Å². The van der Waals surface area contributed by atoms with Crippen molar-refractivity contribution in [1.82, 2.24) is 9.71 Å². The Hall–Kier alpha value is -2.24. The highest BCUT2D eigenvalue weighted by Gasteiger charge is 2.11. The molecule has 1 aromatic heterocycles. The van der Waals surface area contributed by atoms with Crippen molar-refractivity contribution < 1.29 is 8.42 Å². The highest BCUT2D eigenvalue weighted by molar-refractivity contribution is 7.88. The summed E-state index contributed by atoms with van der Waals surface area (Å²) in [5.41, 5.74) is 2.51. The van der Waals surface area contributed by atoms with Crippen LogP contribution in [0.4, 0.5) is 0 Å². The molecule has 1 N–H and O–H groups in total. The molecule has 0 fully saturated rings. The average Bonchev–Trinajstić information content (AvgIpc) is 2.53. The summed E-state index contributed by atoms with van der Waals surface area (Å²) in [6.45, 7) is 0.243. The predicted molar refractivity (Wildman–Crippen MR) is 87.6 cm³/mol. The van der Waals surface area contributed by atoms with E-state index in [1.807, 2.05) is 48.5 Å². The van der Waals surface area contributed by atoms with Gasteiger partial charge in [-0.05, 0) is 23.3 Å². The van der Waals surface area contributed by atoms with Crippen molar-refractivity contribution in [3.05, 3.63) is 78.0 Å². The number of para-hydroxylation sites is 1. The molecule has 1 heterocycles. The SMILES string of the molecule is O=S(=O)(Cc1ccccc1)NCc1cnc2ccccc2c1. The van der Waals surface area contributed by atoms with Crippen molar-refractivity contribution in [3.63, 3.8) is 0 Å². The van der Waals surface area contributed by atoms with Crippen LogP contribution in [-0.2, 0) is 22.3 Å². The van der Waals surface area contributed by atoms with Crippen molar-refractivity contribution in [1.29, 1.82) is 0 Å². The minimum Gasteiger partial charge on any atom is -0.256 e. The predicted octanol–water partition coefficient (Wildman–Crippen LogP) is 2.85. The zero-order chi connectivity index (χ0) is 15.4. The topological polar surface area (TPSA) is 59.1 Å². The summed E-state index contributed by atoms with van der Waals surface area (Å²) in [7, 11) is -3.36. The second kappa shape index (κ2) is 6.25. The number of hydrogen-bond acceptors (Lipinski definition) is 3. The molecule has 5 heteroatoms. The van der Waals surface area contributed by atoms with Crippen molar-refractivity contribution in [2.24, 2.45) is 0 Å². The molecule has 0 aliphatic rings. The largest absolute Gasteiger partial charge is 0.256 e. The van der Waals surface area contributed by atoms with E-state index in [0.717, 1.165) is 22.0 Å². The van der Waals surface area contributed by atoms with Crippen LogP contribution in [0.2, 0.25) is 0 Å². The van der Waals surface area contributed by atoms with Crippen molar-refractivity contribution >= 4 is 20.9 Å². The Balaban J connectivity index is 1.70. The van der Waals surface area contributed by atoms with Gasteiger partial charge in [-0.2, -0.15) is 0 Å². The first-order valence-corrected chi connectivity index (χ1v) is 8.62. The fourth-order valence-corrected chi connectivity index (χ4v) is 3.37. The minimum atomic E-state index is -3.36. The lowest BCUT2D eigenvalue weighted by molar-refractivity contribution is 0.580. The Morgan fingerprint density at radius 2 is 1.64 bits per heavy atom. The fourth-order valence-electron chi connectivity index (χ4n) is 2.25. The molecule has 0 atom stereocenters. The summed E-state index contributed by atoms with van der Waals surface area (Å²) in [5.74, 6) is -0.0190. The lowest BCUT2D eigenvalue weighted by Gasteiger charge is -2.07. The van der Waals surface area contributed by atoms with Crippen molar-refractivity contribution in [2.75, 3.05) is 0 Å². The van der Waals surface area contributed by atoms with E-state index < -0.39 is 10.0 Å². The van der Waals surface area contributed by atoms with Gasteiger partial charge in [-0.1, -0.05) is 48.5 Å². The first-order chi connectivity index (χ1) is 10.6. The first kappa shape index (κ1) is 14.7. The van der Waals surface area contributed by atoms with E-state index in [4.69, 9.17) is 0 Å². The summed E-state index contributed by atoms with van der Waals surface area (Å²) >= 11 is 0. The van der Waals surface area contributed by atoms with Gasteiger partial charge in [0.2, 0.25) is 10.0 Å². The molecular formula is C17H16N2O2S. The summed E-state index contributed by atoms with van der Waals surface area (Å²) in [6, 6.07) is 18.8. The molecule has 0 saturated carbocycles. The maximum Gasteiger partial charge on any atom is 0.216 e. The van der Waals surface area contributed by atoms with Crippen LogP contribution in [0.1, 0.15) is 11.1 Å². The van der Waals surface area contributed by atoms with Crippen molar-refractivity contribution in [3.8, 4) is 0 Å². The highest BCUT2D eigenvalue weighted by Crippen LogP contribution is 2.13. The van der Waals surface area contributed by atoms with E-state index in [9.17, 15) is 8.42 Å². The average molecular weight is 312 g/mol. The van der Waals surface area contributed by atoms with Crippen LogP contribution in [0.3, 0.4) is 0 Å². The first-order valence-electron chi connectivity index (χ1n) is 6.97. The maximum absolute atomic E-state index is 12.1. The molecule has 0 amide bonds. The van der Waals surface area contributed by atoms with Gasteiger partial charge in [0.1, 0.15) is 0 Å². The van der Waals surface area contributed by atoms with Gasteiger partial charge in [0.05, 0.1) is 11.3 Å². The Labute approximate surface area is 129 Å². The molecule has 0 spiro atoms. The maximum atomic E-state index is 12.1. The van der Waals surface area contributed by atoms with Crippen LogP contribution in [0.5, 0.6) is 0 Å². The Morgan fingerprint density at radius 1 is 0.909 bits per heavy atom. The van der Waals surface area contributed by atoms with E-state index in [1.54, 1.807) is 18.3 Å². The third-order valence-electron chi connectivity index (χ3n) is 3.34. The molecule has 4 nitrogen and oxygen atoms in total. The van der Waals surface area contributed by atoms with E-state index >= 15 is 0 Å². The van der Waals surface area contributed by atoms with Gasteiger partial charge < -0.3 is 0 Å². The number of nitrogens with one attached hydrogen (secondary N) is 1. The molecule has 0 saturated heterocycles. The van der Waals surface area contributed by atoms with Crippen LogP contribution < -0.4 is 4.72 Å². The number of pyridine rings is 1.